The molecule has 0 aromatic heterocycles. The van der Waals surface area contributed by atoms with E-state index in [2.05, 4.69) is 15.9 Å². The van der Waals surface area contributed by atoms with E-state index in [9.17, 15) is 9.18 Å². The van der Waals surface area contributed by atoms with Crippen molar-refractivity contribution in [3.63, 3.8) is 0 Å². The number of benzene rings is 2. The summed E-state index contributed by atoms with van der Waals surface area (Å²) in [6, 6.07) is 12.4. The molecule has 0 N–H and O–H groups in total. The Hall–Kier alpha value is -1.33. The number of amides is 1. The van der Waals surface area contributed by atoms with Crippen LogP contribution in [0.5, 0.6) is 0 Å². The van der Waals surface area contributed by atoms with Crippen molar-refractivity contribution in [2.24, 2.45) is 0 Å². The number of anilines is 1. The van der Waals surface area contributed by atoms with Gasteiger partial charge < -0.3 is 0 Å². The van der Waals surface area contributed by atoms with Crippen LogP contribution in [0, 0.1) is 12.7 Å². The third-order valence-corrected chi connectivity index (χ3v) is 5.19. The van der Waals surface area contributed by atoms with Crippen molar-refractivity contribution >= 4 is 39.3 Å². The van der Waals surface area contributed by atoms with Gasteiger partial charge in [0.15, 0.2) is 0 Å². The normalized spacial score (nSPS) is 18.3. The average molecular weight is 366 g/mol. The van der Waals surface area contributed by atoms with Crippen LogP contribution in [0.25, 0.3) is 0 Å². The number of aryl methyl sites for hydroxylation is 1. The lowest BCUT2D eigenvalue weighted by molar-refractivity contribution is -0.115. The minimum atomic E-state index is -0.324. The maximum absolute atomic E-state index is 13.6. The standard InChI is InChI=1S/C16H13BrFNOS/c1-10-2-7-13(18)8-14(10)19-15(20)9-21-16(19)11-3-5-12(17)6-4-11/h2-8,16H,9H2,1H3/t16-/m0/s1. The fourth-order valence-corrected chi connectivity index (χ4v) is 3.83. The van der Waals surface area contributed by atoms with E-state index < -0.39 is 0 Å². The summed E-state index contributed by atoms with van der Waals surface area (Å²) < 4.78 is 14.6. The van der Waals surface area contributed by atoms with Crippen LogP contribution >= 0.6 is 27.7 Å². The molecule has 0 unspecified atom stereocenters. The van der Waals surface area contributed by atoms with E-state index >= 15 is 0 Å². The Morgan fingerprint density at radius 2 is 1.95 bits per heavy atom. The number of carbonyl (C=O) groups is 1. The number of thioether (sulfide) groups is 1. The topological polar surface area (TPSA) is 20.3 Å². The van der Waals surface area contributed by atoms with Crippen molar-refractivity contribution in [1.29, 1.82) is 0 Å². The highest BCUT2D eigenvalue weighted by molar-refractivity contribution is 9.10. The molecule has 21 heavy (non-hydrogen) atoms. The first kappa shape index (κ1) is 14.6. The van der Waals surface area contributed by atoms with Gasteiger partial charge in [0.05, 0.1) is 11.4 Å². The summed E-state index contributed by atoms with van der Waals surface area (Å²) in [6.45, 7) is 1.89. The van der Waals surface area contributed by atoms with Crippen LogP contribution in [0.2, 0.25) is 0 Å². The molecule has 1 heterocycles. The molecule has 2 nitrogen and oxygen atoms in total. The number of hydrogen-bond donors (Lipinski definition) is 0. The summed E-state index contributed by atoms with van der Waals surface area (Å²) in [5.41, 5.74) is 2.59. The van der Waals surface area contributed by atoms with Crippen molar-refractivity contribution < 1.29 is 9.18 Å². The number of rotatable bonds is 2. The summed E-state index contributed by atoms with van der Waals surface area (Å²) in [4.78, 5) is 14.0. The minimum Gasteiger partial charge on any atom is -0.295 e. The first-order valence-corrected chi connectivity index (χ1v) is 8.36. The third-order valence-electron chi connectivity index (χ3n) is 3.45. The minimum absolute atomic E-state index is 0.0154. The van der Waals surface area contributed by atoms with Gasteiger partial charge in [-0.2, -0.15) is 0 Å². The lowest BCUT2D eigenvalue weighted by atomic mass is 10.1. The first-order chi connectivity index (χ1) is 10.1. The predicted molar refractivity (Wildman–Crippen MR) is 88.0 cm³/mol. The van der Waals surface area contributed by atoms with E-state index in [0.29, 0.717) is 11.4 Å². The Labute approximate surface area is 135 Å². The van der Waals surface area contributed by atoms with Crippen LogP contribution in [-0.2, 0) is 4.79 Å². The van der Waals surface area contributed by atoms with Crippen molar-refractivity contribution in [3.8, 4) is 0 Å². The molecule has 3 rings (SSSR count). The van der Waals surface area contributed by atoms with Gasteiger partial charge in [-0.05, 0) is 42.3 Å². The van der Waals surface area contributed by atoms with Gasteiger partial charge in [-0.1, -0.05) is 34.1 Å². The van der Waals surface area contributed by atoms with Crippen LogP contribution in [0.3, 0.4) is 0 Å². The van der Waals surface area contributed by atoms with Crippen LogP contribution in [0.15, 0.2) is 46.9 Å². The van der Waals surface area contributed by atoms with Gasteiger partial charge in [0, 0.05) is 4.47 Å². The fraction of sp³-hybridized carbons (Fsp3) is 0.188. The molecule has 1 aliphatic rings. The van der Waals surface area contributed by atoms with E-state index in [1.165, 1.54) is 12.1 Å². The van der Waals surface area contributed by atoms with Crippen molar-refractivity contribution in [2.75, 3.05) is 10.7 Å². The van der Waals surface area contributed by atoms with E-state index in [1.54, 1.807) is 22.7 Å². The molecule has 1 amide bonds. The van der Waals surface area contributed by atoms with E-state index in [1.807, 2.05) is 31.2 Å². The van der Waals surface area contributed by atoms with Gasteiger partial charge in [0.2, 0.25) is 5.91 Å². The zero-order chi connectivity index (χ0) is 15.0. The van der Waals surface area contributed by atoms with Crippen molar-refractivity contribution in [1.82, 2.24) is 0 Å². The van der Waals surface area contributed by atoms with Crippen molar-refractivity contribution in [3.05, 3.63) is 63.9 Å². The molecule has 5 heteroatoms. The molecule has 1 saturated heterocycles. The molecule has 1 aliphatic heterocycles. The van der Waals surface area contributed by atoms with Gasteiger partial charge >= 0.3 is 0 Å². The summed E-state index contributed by atoms with van der Waals surface area (Å²) in [7, 11) is 0. The average Bonchev–Trinajstić information content (AvgIpc) is 2.84. The summed E-state index contributed by atoms with van der Waals surface area (Å²) in [5.74, 6) is 0.105. The second-order valence-corrected chi connectivity index (χ2v) is 6.89. The van der Waals surface area contributed by atoms with Gasteiger partial charge in [-0.15, -0.1) is 11.8 Å². The lowest BCUT2D eigenvalue weighted by Crippen LogP contribution is -2.28. The fourth-order valence-electron chi connectivity index (χ4n) is 2.40. The number of nitrogens with zero attached hydrogens (tertiary/aromatic N) is 1. The molecule has 0 saturated carbocycles. The largest absolute Gasteiger partial charge is 0.295 e. The summed E-state index contributed by atoms with van der Waals surface area (Å²) >= 11 is 4.98. The maximum atomic E-state index is 13.6. The van der Waals surface area contributed by atoms with E-state index in [-0.39, 0.29) is 17.1 Å². The SMILES string of the molecule is Cc1ccc(F)cc1N1C(=O)CS[C@H]1c1ccc(Br)cc1. The van der Waals surface area contributed by atoms with Crippen LogP contribution in [0.1, 0.15) is 16.5 Å². The van der Waals surface area contributed by atoms with Gasteiger partial charge in [-0.25, -0.2) is 4.39 Å². The lowest BCUT2D eigenvalue weighted by Gasteiger charge is -2.26. The van der Waals surface area contributed by atoms with Gasteiger partial charge in [0.1, 0.15) is 11.2 Å². The molecular formula is C16H13BrFNOS. The van der Waals surface area contributed by atoms with Crippen LogP contribution < -0.4 is 4.90 Å². The molecule has 0 aliphatic carbocycles. The molecule has 2 aromatic carbocycles. The third kappa shape index (κ3) is 2.85. The molecule has 108 valence electrons. The zero-order valence-corrected chi connectivity index (χ0v) is 13.7. The first-order valence-electron chi connectivity index (χ1n) is 6.51. The van der Waals surface area contributed by atoms with E-state index in [4.69, 9.17) is 0 Å². The van der Waals surface area contributed by atoms with Crippen LogP contribution in [-0.4, -0.2) is 11.7 Å². The molecule has 0 radical (unpaired) electrons. The number of halogens is 2. The molecule has 1 fully saturated rings. The molecule has 0 spiro atoms. The Morgan fingerprint density at radius 3 is 2.67 bits per heavy atom. The quantitative estimate of drug-likeness (QED) is 0.770. The van der Waals surface area contributed by atoms with E-state index in [0.717, 1.165) is 15.6 Å². The molecule has 0 bridgehead atoms. The highest BCUT2D eigenvalue weighted by Crippen LogP contribution is 2.43. The van der Waals surface area contributed by atoms with Crippen LogP contribution in [0.4, 0.5) is 10.1 Å². The highest BCUT2D eigenvalue weighted by atomic mass is 79.9. The smallest absolute Gasteiger partial charge is 0.238 e. The molecular weight excluding hydrogens is 353 g/mol. The maximum Gasteiger partial charge on any atom is 0.238 e. The monoisotopic (exact) mass is 365 g/mol. The second-order valence-electron chi connectivity index (χ2n) is 4.91. The summed E-state index contributed by atoms with van der Waals surface area (Å²) in [5, 5.41) is -0.105. The predicted octanol–water partition coefficient (Wildman–Crippen LogP) is 4.68. The number of hydrogen-bond acceptors (Lipinski definition) is 2. The number of carbonyl (C=O) groups excluding carboxylic acids is 1. The second kappa shape index (κ2) is 5.81. The summed E-state index contributed by atoms with van der Waals surface area (Å²) in [6.07, 6.45) is 0. The molecule has 2 aromatic rings. The Bertz CT molecular complexity index is 689. The Kier molecular flexibility index (Phi) is 4.04. The molecule has 1 atom stereocenters. The van der Waals surface area contributed by atoms with Gasteiger partial charge in [0.25, 0.3) is 0 Å². The zero-order valence-electron chi connectivity index (χ0n) is 11.3. The Balaban J connectivity index is 2.03. The Morgan fingerprint density at radius 1 is 1.24 bits per heavy atom. The van der Waals surface area contributed by atoms with Gasteiger partial charge in [-0.3, -0.25) is 9.69 Å². The van der Waals surface area contributed by atoms with Crippen molar-refractivity contribution in [2.45, 2.75) is 12.3 Å². The highest BCUT2D eigenvalue weighted by Gasteiger charge is 2.34.